The largest absolute Gasteiger partial charge is 0.394 e. The van der Waals surface area contributed by atoms with Gasteiger partial charge in [-0.1, -0.05) is 6.92 Å². The summed E-state index contributed by atoms with van der Waals surface area (Å²) >= 11 is 0. The van der Waals surface area contributed by atoms with Crippen molar-refractivity contribution in [3.8, 4) is 0 Å². The quantitative estimate of drug-likeness (QED) is 0.587. The Labute approximate surface area is 128 Å². The summed E-state index contributed by atoms with van der Waals surface area (Å²) in [5.41, 5.74) is -1.85. The van der Waals surface area contributed by atoms with E-state index in [1.54, 1.807) is 24.8 Å². The lowest BCUT2D eigenvalue weighted by atomic mass is 9.88. The number of nitrogens with zero attached hydrogens (tertiary/aromatic N) is 4. The summed E-state index contributed by atoms with van der Waals surface area (Å²) in [6.45, 7) is 3.14. The van der Waals surface area contributed by atoms with Crippen LogP contribution in [0.2, 0.25) is 0 Å². The van der Waals surface area contributed by atoms with E-state index in [-0.39, 0.29) is 18.3 Å². The number of rotatable bonds is 4. The first kappa shape index (κ1) is 16.6. The van der Waals surface area contributed by atoms with Gasteiger partial charge in [-0.3, -0.25) is 4.57 Å². The molecule has 0 spiro atoms. The summed E-state index contributed by atoms with van der Waals surface area (Å²) < 4.78 is 6.84. The minimum absolute atomic E-state index is 0.221. The first-order valence-electron chi connectivity index (χ1n) is 7.06. The molecule has 2 heterocycles. The molecule has 0 saturated carbocycles. The van der Waals surface area contributed by atoms with Gasteiger partial charge in [0.05, 0.1) is 19.0 Å². The molecule has 0 aromatic carbocycles. The van der Waals surface area contributed by atoms with E-state index in [0.29, 0.717) is 0 Å². The van der Waals surface area contributed by atoms with Gasteiger partial charge in [0.15, 0.2) is 12.0 Å². The summed E-state index contributed by atoms with van der Waals surface area (Å²) in [5.74, 6) is -0.0415. The van der Waals surface area contributed by atoms with Gasteiger partial charge in [-0.2, -0.15) is 4.98 Å². The Morgan fingerprint density at radius 2 is 2.27 bits per heavy atom. The van der Waals surface area contributed by atoms with Gasteiger partial charge in [-0.25, -0.2) is 9.79 Å². The molecule has 0 bridgehead atoms. The van der Waals surface area contributed by atoms with Crippen molar-refractivity contribution in [2.45, 2.75) is 31.8 Å². The minimum atomic E-state index is -1.28. The zero-order chi connectivity index (χ0) is 16.5. The molecule has 0 radical (unpaired) electrons. The molecule has 8 nitrogen and oxygen atoms in total. The van der Waals surface area contributed by atoms with Gasteiger partial charge >= 0.3 is 5.69 Å². The standard InChI is InChI=1S/C14H22N4O4/c1-9-10(7-19)22-12(14(9,2)21)18-6-5-11(16-13(18)20)15-8-17(3)4/h5-6,8-10,12,19,21H,7H2,1-4H3. The second-order valence-electron chi connectivity index (χ2n) is 5.91. The maximum absolute atomic E-state index is 12.2. The Hall–Kier alpha value is -1.77. The molecule has 0 aliphatic carbocycles. The molecule has 1 fully saturated rings. The average Bonchev–Trinajstić information content (AvgIpc) is 2.68. The SMILES string of the molecule is CC1C(CO)OC(n2ccc(N=CN(C)C)nc2=O)C1(C)O. The smallest absolute Gasteiger partial charge is 0.351 e. The van der Waals surface area contributed by atoms with E-state index in [4.69, 9.17) is 4.74 Å². The number of ether oxygens (including phenoxy) is 1. The Bertz CT molecular complexity index is 611. The highest BCUT2D eigenvalue weighted by Gasteiger charge is 2.51. The van der Waals surface area contributed by atoms with Crippen LogP contribution in [-0.2, 0) is 4.74 Å². The first-order chi connectivity index (χ1) is 10.3. The number of aliphatic imine (C=N–C) groups is 1. The van der Waals surface area contributed by atoms with Crippen molar-refractivity contribution in [3.63, 3.8) is 0 Å². The van der Waals surface area contributed by atoms with Crippen molar-refractivity contribution >= 4 is 12.2 Å². The second-order valence-corrected chi connectivity index (χ2v) is 5.91. The molecule has 2 rings (SSSR count). The zero-order valence-electron chi connectivity index (χ0n) is 13.2. The predicted molar refractivity (Wildman–Crippen MR) is 81.1 cm³/mol. The van der Waals surface area contributed by atoms with Crippen LogP contribution in [0, 0.1) is 5.92 Å². The number of hydrogen-bond acceptors (Lipinski definition) is 6. The van der Waals surface area contributed by atoms with E-state index in [0.717, 1.165) is 0 Å². The van der Waals surface area contributed by atoms with Gasteiger partial charge in [-0.15, -0.1) is 0 Å². The minimum Gasteiger partial charge on any atom is -0.394 e. The highest BCUT2D eigenvalue weighted by atomic mass is 16.5. The molecule has 8 heteroatoms. The van der Waals surface area contributed by atoms with E-state index in [1.807, 2.05) is 14.1 Å². The molecule has 122 valence electrons. The second kappa shape index (κ2) is 6.15. The van der Waals surface area contributed by atoms with Gasteiger partial charge < -0.3 is 19.8 Å². The lowest BCUT2D eigenvalue weighted by Crippen LogP contribution is -2.41. The van der Waals surface area contributed by atoms with Gasteiger partial charge in [0, 0.05) is 26.2 Å². The third kappa shape index (κ3) is 3.03. The van der Waals surface area contributed by atoms with Crippen LogP contribution in [0.25, 0.3) is 0 Å². The summed E-state index contributed by atoms with van der Waals surface area (Å²) in [4.78, 5) is 21.8. The van der Waals surface area contributed by atoms with Gasteiger partial charge in [0.25, 0.3) is 0 Å². The monoisotopic (exact) mass is 310 g/mol. The van der Waals surface area contributed by atoms with Crippen LogP contribution < -0.4 is 5.69 Å². The van der Waals surface area contributed by atoms with Crippen molar-refractivity contribution in [1.29, 1.82) is 0 Å². The molecule has 1 saturated heterocycles. The number of hydrogen-bond donors (Lipinski definition) is 2. The number of aliphatic hydroxyl groups is 2. The van der Waals surface area contributed by atoms with Crippen LogP contribution in [0.15, 0.2) is 22.1 Å². The van der Waals surface area contributed by atoms with E-state index < -0.39 is 23.6 Å². The Balaban J connectivity index is 2.32. The molecule has 1 aliphatic heterocycles. The van der Waals surface area contributed by atoms with Crippen molar-refractivity contribution in [1.82, 2.24) is 14.5 Å². The molecule has 4 unspecified atom stereocenters. The Kier molecular flexibility index (Phi) is 4.64. The van der Waals surface area contributed by atoms with Crippen LogP contribution >= 0.6 is 0 Å². The van der Waals surface area contributed by atoms with Gasteiger partial charge in [-0.05, 0) is 13.0 Å². The highest BCUT2D eigenvalue weighted by Crippen LogP contribution is 2.41. The highest BCUT2D eigenvalue weighted by molar-refractivity contribution is 5.58. The van der Waals surface area contributed by atoms with Gasteiger partial charge in [0.2, 0.25) is 0 Å². The lowest BCUT2D eigenvalue weighted by molar-refractivity contribution is -0.0917. The third-order valence-electron chi connectivity index (χ3n) is 3.95. The zero-order valence-corrected chi connectivity index (χ0v) is 13.2. The molecule has 22 heavy (non-hydrogen) atoms. The predicted octanol–water partition coefficient (Wildman–Crippen LogP) is -0.259. The molecular formula is C14H22N4O4. The molecule has 2 N–H and O–H groups in total. The van der Waals surface area contributed by atoms with Gasteiger partial charge in [0.1, 0.15) is 5.60 Å². The maximum atomic E-state index is 12.2. The molecule has 1 aromatic heterocycles. The Morgan fingerprint density at radius 3 is 2.77 bits per heavy atom. The number of aliphatic hydroxyl groups excluding tert-OH is 1. The fourth-order valence-corrected chi connectivity index (χ4v) is 2.40. The van der Waals surface area contributed by atoms with E-state index in [1.165, 1.54) is 17.1 Å². The fraction of sp³-hybridized carbons (Fsp3) is 0.643. The first-order valence-corrected chi connectivity index (χ1v) is 7.06. The summed E-state index contributed by atoms with van der Waals surface area (Å²) in [6.07, 6.45) is 1.60. The topological polar surface area (TPSA) is 100 Å². The molecule has 0 amide bonds. The summed E-state index contributed by atoms with van der Waals surface area (Å²) in [5, 5.41) is 19.9. The summed E-state index contributed by atoms with van der Waals surface area (Å²) in [7, 11) is 3.62. The van der Waals surface area contributed by atoms with E-state index >= 15 is 0 Å². The maximum Gasteiger partial charge on any atom is 0.351 e. The normalized spacial score (nSPS) is 31.8. The fourth-order valence-electron chi connectivity index (χ4n) is 2.40. The Morgan fingerprint density at radius 1 is 1.59 bits per heavy atom. The van der Waals surface area contributed by atoms with E-state index in [9.17, 15) is 15.0 Å². The van der Waals surface area contributed by atoms with E-state index in [2.05, 4.69) is 9.98 Å². The van der Waals surface area contributed by atoms with Crippen molar-refractivity contribution in [2.24, 2.45) is 10.9 Å². The third-order valence-corrected chi connectivity index (χ3v) is 3.95. The lowest BCUT2D eigenvalue weighted by Gasteiger charge is -2.28. The molecule has 1 aliphatic rings. The van der Waals surface area contributed by atoms with Crippen LogP contribution in [-0.4, -0.2) is 63.4 Å². The molecule has 1 aromatic rings. The average molecular weight is 310 g/mol. The van der Waals surface area contributed by atoms with Crippen LogP contribution in [0.4, 0.5) is 5.82 Å². The summed E-state index contributed by atoms with van der Waals surface area (Å²) in [6, 6.07) is 1.57. The molecule has 4 atom stereocenters. The number of aromatic nitrogens is 2. The van der Waals surface area contributed by atoms with Crippen molar-refractivity contribution in [2.75, 3.05) is 20.7 Å². The van der Waals surface area contributed by atoms with Crippen LogP contribution in [0.1, 0.15) is 20.1 Å². The van der Waals surface area contributed by atoms with Crippen LogP contribution in [0.3, 0.4) is 0 Å². The molecular weight excluding hydrogens is 288 g/mol. The van der Waals surface area contributed by atoms with Crippen molar-refractivity contribution in [3.05, 3.63) is 22.7 Å². The van der Waals surface area contributed by atoms with Crippen LogP contribution in [0.5, 0.6) is 0 Å². The van der Waals surface area contributed by atoms with Crippen molar-refractivity contribution < 1.29 is 14.9 Å².